The van der Waals surface area contributed by atoms with Gasteiger partial charge in [-0.2, -0.15) is 0 Å². The number of ether oxygens (including phenoxy) is 1. The fourth-order valence-corrected chi connectivity index (χ4v) is 2.07. The predicted molar refractivity (Wildman–Crippen MR) is 89.1 cm³/mol. The summed E-state index contributed by atoms with van der Waals surface area (Å²) in [6, 6.07) is 16.6. The van der Waals surface area contributed by atoms with Crippen molar-refractivity contribution >= 4 is 17.5 Å². The lowest BCUT2D eigenvalue weighted by Crippen LogP contribution is -2.14. The van der Waals surface area contributed by atoms with Crippen LogP contribution in [0.15, 0.2) is 54.6 Å². The van der Waals surface area contributed by atoms with Gasteiger partial charge in [0.25, 0.3) is 0 Å². The number of benzene rings is 2. The maximum atomic E-state index is 11.8. The second-order valence-corrected chi connectivity index (χ2v) is 5.15. The highest BCUT2D eigenvalue weighted by atomic mass is 16.5. The van der Waals surface area contributed by atoms with Crippen LogP contribution >= 0.6 is 0 Å². The smallest absolute Gasteiger partial charge is 0.224 e. The Hall–Kier alpha value is -2.82. The second-order valence-electron chi connectivity index (χ2n) is 5.15. The number of carbonyl (C=O) groups excluding carboxylic acids is 2. The Morgan fingerprint density at radius 3 is 2.35 bits per heavy atom. The van der Waals surface area contributed by atoms with Crippen molar-refractivity contribution in [3.8, 4) is 5.75 Å². The van der Waals surface area contributed by atoms with Crippen LogP contribution < -0.4 is 15.8 Å². The van der Waals surface area contributed by atoms with E-state index in [0.29, 0.717) is 25.1 Å². The molecule has 3 N–H and O–H groups in total. The topological polar surface area (TPSA) is 81.4 Å². The summed E-state index contributed by atoms with van der Waals surface area (Å²) < 4.78 is 5.54. The average molecular weight is 312 g/mol. The molecule has 0 aliphatic heterocycles. The molecule has 0 atom stereocenters. The lowest BCUT2D eigenvalue weighted by molar-refractivity contribution is -0.117. The Labute approximate surface area is 135 Å². The van der Waals surface area contributed by atoms with E-state index in [4.69, 9.17) is 10.5 Å². The molecule has 0 aromatic heterocycles. The van der Waals surface area contributed by atoms with Gasteiger partial charge < -0.3 is 15.8 Å². The Balaban J connectivity index is 1.69. The fraction of sp³-hybridized carbons (Fsp3) is 0.222. The van der Waals surface area contributed by atoms with Crippen LogP contribution in [0, 0.1) is 0 Å². The van der Waals surface area contributed by atoms with E-state index in [1.807, 2.05) is 30.3 Å². The minimum Gasteiger partial charge on any atom is -0.494 e. The summed E-state index contributed by atoms with van der Waals surface area (Å²) in [6.45, 7) is 0.495. The first kappa shape index (κ1) is 16.5. The number of para-hydroxylation sites is 1. The Bertz CT molecular complexity index is 639. The zero-order valence-corrected chi connectivity index (χ0v) is 12.8. The summed E-state index contributed by atoms with van der Waals surface area (Å²) in [5.74, 6) is 0.363. The summed E-state index contributed by atoms with van der Waals surface area (Å²) >= 11 is 0. The number of hydrogen-bond donors (Lipinski definition) is 2. The largest absolute Gasteiger partial charge is 0.494 e. The van der Waals surface area contributed by atoms with Gasteiger partial charge in [-0.15, -0.1) is 0 Å². The van der Waals surface area contributed by atoms with Crippen LogP contribution in [0.25, 0.3) is 0 Å². The van der Waals surface area contributed by atoms with Crippen molar-refractivity contribution in [3.05, 3.63) is 60.2 Å². The van der Waals surface area contributed by atoms with Crippen LogP contribution in [0.1, 0.15) is 18.4 Å². The fourth-order valence-electron chi connectivity index (χ4n) is 2.07. The molecule has 0 aliphatic rings. The molecule has 0 spiro atoms. The summed E-state index contributed by atoms with van der Waals surface area (Å²) in [6.07, 6.45) is 1.22. The highest BCUT2D eigenvalue weighted by Gasteiger charge is 2.04. The third-order valence-electron chi connectivity index (χ3n) is 3.18. The number of nitrogens with two attached hydrogens (primary N) is 1. The van der Waals surface area contributed by atoms with Crippen molar-refractivity contribution in [2.45, 2.75) is 19.3 Å². The molecule has 0 bridgehead atoms. The molecule has 2 amide bonds. The van der Waals surface area contributed by atoms with Crippen molar-refractivity contribution in [2.24, 2.45) is 5.73 Å². The van der Waals surface area contributed by atoms with Crippen LogP contribution in [-0.2, 0) is 16.0 Å². The molecule has 5 nitrogen and oxygen atoms in total. The van der Waals surface area contributed by atoms with Crippen molar-refractivity contribution in [2.75, 3.05) is 11.9 Å². The molecule has 0 saturated heterocycles. The zero-order valence-electron chi connectivity index (χ0n) is 12.8. The van der Waals surface area contributed by atoms with E-state index in [0.717, 1.165) is 11.3 Å². The third kappa shape index (κ3) is 6.22. The van der Waals surface area contributed by atoms with E-state index in [2.05, 4.69) is 5.32 Å². The standard InChI is InChI=1S/C18H20N2O3/c19-17(21)13-14-8-10-15(11-9-14)20-18(22)7-4-12-23-16-5-2-1-3-6-16/h1-3,5-6,8-11H,4,7,12-13H2,(H2,19,21)(H,20,22). The van der Waals surface area contributed by atoms with E-state index < -0.39 is 0 Å². The van der Waals surface area contributed by atoms with Gasteiger partial charge >= 0.3 is 0 Å². The van der Waals surface area contributed by atoms with E-state index in [-0.39, 0.29) is 18.2 Å². The normalized spacial score (nSPS) is 10.1. The molecule has 0 fully saturated rings. The molecular formula is C18H20N2O3. The van der Waals surface area contributed by atoms with E-state index in [9.17, 15) is 9.59 Å². The highest BCUT2D eigenvalue weighted by molar-refractivity contribution is 5.90. The summed E-state index contributed by atoms with van der Waals surface area (Å²) in [4.78, 5) is 22.7. The molecule has 0 radical (unpaired) electrons. The predicted octanol–water partition coefficient (Wildman–Crippen LogP) is 2.51. The third-order valence-corrected chi connectivity index (χ3v) is 3.18. The van der Waals surface area contributed by atoms with E-state index in [1.165, 1.54) is 0 Å². The number of nitrogens with one attached hydrogen (secondary N) is 1. The van der Waals surface area contributed by atoms with Gasteiger partial charge in [-0.05, 0) is 36.2 Å². The molecular weight excluding hydrogens is 292 g/mol. The number of primary amides is 1. The molecule has 120 valence electrons. The summed E-state index contributed by atoms with van der Waals surface area (Å²) in [5, 5.41) is 2.81. The summed E-state index contributed by atoms with van der Waals surface area (Å²) in [7, 11) is 0. The maximum absolute atomic E-state index is 11.8. The van der Waals surface area contributed by atoms with Gasteiger partial charge in [0.2, 0.25) is 11.8 Å². The van der Waals surface area contributed by atoms with Gasteiger partial charge in [0.1, 0.15) is 5.75 Å². The monoisotopic (exact) mass is 312 g/mol. The number of amides is 2. The average Bonchev–Trinajstić information content (AvgIpc) is 2.54. The molecule has 2 rings (SSSR count). The van der Waals surface area contributed by atoms with E-state index in [1.54, 1.807) is 24.3 Å². The van der Waals surface area contributed by atoms with Gasteiger partial charge in [-0.1, -0.05) is 30.3 Å². The van der Waals surface area contributed by atoms with Gasteiger partial charge in [0, 0.05) is 12.1 Å². The van der Waals surface area contributed by atoms with Crippen molar-refractivity contribution < 1.29 is 14.3 Å². The molecule has 0 heterocycles. The number of anilines is 1. The first-order valence-corrected chi connectivity index (χ1v) is 7.48. The van der Waals surface area contributed by atoms with E-state index >= 15 is 0 Å². The number of carbonyl (C=O) groups is 2. The molecule has 23 heavy (non-hydrogen) atoms. The van der Waals surface area contributed by atoms with Gasteiger partial charge in [-0.3, -0.25) is 9.59 Å². The highest BCUT2D eigenvalue weighted by Crippen LogP contribution is 2.11. The Morgan fingerprint density at radius 1 is 1.00 bits per heavy atom. The SMILES string of the molecule is NC(=O)Cc1ccc(NC(=O)CCCOc2ccccc2)cc1. The first-order valence-electron chi connectivity index (χ1n) is 7.48. The quantitative estimate of drug-likeness (QED) is 0.735. The Kier molecular flexibility index (Phi) is 6.17. The number of hydrogen-bond acceptors (Lipinski definition) is 3. The molecule has 0 unspecified atom stereocenters. The summed E-state index contributed by atoms with van der Waals surface area (Å²) in [5.41, 5.74) is 6.66. The molecule has 5 heteroatoms. The van der Waals surface area contributed by atoms with Crippen molar-refractivity contribution in [1.82, 2.24) is 0 Å². The lowest BCUT2D eigenvalue weighted by atomic mass is 10.1. The van der Waals surface area contributed by atoms with Gasteiger partial charge in [0.15, 0.2) is 0 Å². The Morgan fingerprint density at radius 2 is 1.70 bits per heavy atom. The zero-order chi connectivity index (χ0) is 16.5. The number of rotatable bonds is 8. The van der Waals surface area contributed by atoms with Gasteiger partial charge in [-0.25, -0.2) is 0 Å². The van der Waals surface area contributed by atoms with Crippen LogP contribution in [0.4, 0.5) is 5.69 Å². The second kappa shape index (κ2) is 8.58. The van der Waals surface area contributed by atoms with Crippen LogP contribution in [-0.4, -0.2) is 18.4 Å². The van der Waals surface area contributed by atoms with Crippen LogP contribution in [0.2, 0.25) is 0 Å². The molecule has 0 saturated carbocycles. The maximum Gasteiger partial charge on any atom is 0.224 e. The minimum atomic E-state index is -0.375. The molecule has 0 aliphatic carbocycles. The molecule has 2 aromatic rings. The minimum absolute atomic E-state index is 0.0655. The lowest BCUT2D eigenvalue weighted by Gasteiger charge is -2.07. The van der Waals surface area contributed by atoms with Crippen LogP contribution in [0.5, 0.6) is 5.75 Å². The molecule has 2 aromatic carbocycles. The first-order chi connectivity index (χ1) is 11.1. The van der Waals surface area contributed by atoms with Crippen molar-refractivity contribution in [3.63, 3.8) is 0 Å². The van der Waals surface area contributed by atoms with Crippen molar-refractivity contribution in [1.29, 1.82) is 0 Å². The van der Waals surface area contributed by atoms with Crippen LogP contribution in [0.3, 0.4) is 0 Å². The van der Waals surface area contributed by atoms with Gasteiger partial charge in [0.05, 0.1) is 13.0 Å².